The molecule has 1 heterocycles. The van der Waals surface area contributed by atoms with E-state index < -0.39 is 11.6 Å². The van der Waals surface area contributed by atoms with Gasteiger partial charge in [0.2, 0.25) is 5.28 Å². The summed E-state index contributed by atoms with van der Waals surface area (Å²) >= 11 is 5.57. The normalized spacial score (nSPS) is 12.8. The van der Waals surface area contributed by atoms with Gasteiger partial charge >= 0.3 is 6.09 Å². The number of carbonyl (C=O) groups is 1. The van der Waals surface area contributed by atoms with E-state index in [4.69, 9.17) is 21.4 Å². The Labute approximate surface area is 117 Å². The van der Waals surface area contributed by atoms with Gasteiger partial charge in [-0.25, -0.2) is 14.8 Å². The molecule has 1 aromatic rings. The largest absolute Gasteiger partial charge is 0.490 e. The smallest absolute Gasteiger partial charge is 0.405 e. The highest BCUT2D eigenvalue weighted by Gasteiger charge is 2.23. The van der Waals surface area contributed by atoms with E-state index in [1.54, 1.807) is 0 Å². The summed E-state index contributed by atoms with van der Waals surface area (Å²) in [6, 6.07) is 0. The summed E-state index contributed by atoms with van der Waals surface area (Å²) in [6.45, 7) is 6.11. The lowest BCUT2D eigenvalue weighted by Gasteiger charge is -2.27. The Hall–Kier alpha value is -1.56. The highest BCUT2D eigenvalue weighted by molar-refractivity contribution is 6.28. The van der Waals surface area contributed by atoms with Gasteiger partial charge in [-0.05, 0) is 37.8 Å². The van der Waals surface area contributed by atoms with Crippen molar-refractivity contribution in [3.63, 3.8) is 0 Å². The number of hydrogen-bond acceptors (Lipinski definition) is 4. The highest BCUT2D eigenvalue weighted by Crippen LogP contribution is 2.18. The number of nitrogens with one attached hydrogen (secondary N) is 1. The van der Waals surface area contributed by atoms with E-state index in [0.717, 1.165) is 0 Å². The predicted octanol–water partition coefficient (Wildman–Crippen LogP) is 2.58. The van der Waals surface area contributed by atoms with Crippen molar-refractivity contribution in [2.45, 2.75) is 32.7 Å². The van der Waals surface area contributed by atoms with E-state index in [1.165, 1.54) is 12.4 Å². The van der Waals surface area contributed by atoms with Crippen LogP contribution in [0.2, 0.25) is 5.28 Å². The van der Waals surface area contributed by atoms with Gasteiger partial charge < -0.3 is 15.2 Å². The maximum absolute atomic E-state index is 10.6. The summed E-state index contributed by atoms with van der Waals surface area (Å²) in [5, 5.41) is 11.4. The summed E-state index contributed by atoms with van der Waals surface area (Å²) < 4.78 is 5.51. The Morgan fingerprint density at radius 2 is 2.11 bits per heavy atom. The molecule has 0 fully saturated rings. The standard InChI is InChI=1S/C12H18ClN3O3/c1-8(4-12(2,3)16-11(17)18)7-19-9-5-14-10(13)15-6-9/h5-6,8,16H,4,7H2,1-3H3,(H,17,18)/t8-/m0/s1. The zero-order valence-corrected chi connectivity index (χ0v) is 11.9. The van der Waals surface area contributed by atoms with Crippen LogP contribution in [0.5, 0.6) is 5.75 Å². The summed E-state index contributed by atoms with van der Waals surface area (Å²) in [5.41, 5.74) is -0.495. The van der Waals surface area contributed by atoms with E-state index in [1.807, 2.05) is 20.8 Å². The molecule has 7 heteroatoms. The first-order valence-electron chi connectivity index (χ1n) is 5.90. The first-order chi connectivity index (χ1) is 8.78. The van der Waals surface area contributed by atoms with Crippen molar-refractivity contribution in [2.24, 2.45) is 5.92 Å². The number of amides is 1. The molecule has 0 bridgehead atoms. The van der Waals surface area contributed by atoms with Crippen LogP contribution in [-0.2, 0) is 0 Å². The first kappa shape index (κ1) is 15.5. The van der Waals surface area contributed by atoms with Gasteiger partial charge in [0, 0.05) is 5.54 Å². The van der Waals surface area contributed by atoms with Gasteiger partial charge in [0.05, 0.1) is 19.0 Å². The second kappa shape index (κ2) is 6.56. The van der Waals surface area contributed by atoms with Crippen LogP contribution in [0.25, 0.3) is 0 Å². The molecule has 0 saturated heterocycles. The van der Waals surface area contributed by atoms with Crippen molar-refractivity contribution in [2.75, 3.05) is 6.61 Å². The molecule has 0 radical (unpaired) electrons. The number of ether oxygens (including phenoxy) is 1. The fraction of sp³-hybridized carbons (Fsp3) is 0.583. The van der Waals surface area contributed by atoms with Gasteiger partial charge in [0.1, 0.15) is 0 Å². The zero-order chi connectivity index (χ0) is 14.5. The molecule has 1 atom stereocenters. The van der Waals surface area contributed by atoms with E-state index in [9.17, 15) is 4.79 Å². The van der Waals surface area contributed by atoms with Crippen molar-refractivity contribution in [3.05, 3.63) is 17.7 Å². The molecule has 0 saturated carbocycles. The minimum absolute atomic E-state index is 0.173. The van der Waals surface area contributed by atoms with E-state index in [-0.39, 0.29) is 11.2 Å². The fourth-order valence-corrected chi connectivity index (χ4v) is 1.98. The molecule has 1 aromatic heterocycles. The van der Waals surface area contributed by atoms with Crippen LogP contribution >= 0.6 is 11.6 Å². The van der Waals surface area contributed by atoms with Crippen molar-refractivity contribution in [1.29, 1.82) is 0 Å². The second-order valence-corrected chi connectivity index (χ2v) is 5.46. The molecule has 1 amide bonds. The van der Waals surface area contributed by atoms with Crippen LogP contribution in [0, 0.1) is 5.92 Å². The molecule has 6 nitrogen and oxygen atoms in total. The second-order valence-electron chi connectivity index (χ2n) is 5.12. The maximum Gasteiger partial charge on any atom is 0.405 e. The number of halogens is 1. The first-order valence-corrected chi connectivity index (χ1v) is 6.28. The van der Waals surface area contributed by atoms with E-state index in [2.05, 4.69) is 15.3 Å². The van der Waals surface area contributed by atoms with E-state index in [0.29, 0.717) is 18.8 Å². The van der Waals surface area contributed by atoms with Crippen molar-refractivity contribution in [1.82, 2.24) is 15.3 Å². The number of nitrogens with zero attached hydrogens (tertiary/aromatic N) is 2. The molecule has 106 valence electrons. The Morgan fingerprint density at radius 1 is 1.53 bits per heavy atom. The predicted molar refractivity (Wildman–Crippen MR) is 71.6 cm³/mol. The molecular formula is C12H18ClN3O3. The summed E-state index contributed by atoms with van der Waals surface area (Å²) in [7, 11) is 0. The van der Waals surface area contributed by atoms with Gasteiger partial charge in [-0.2, -0.15) is 0 Å². The minimum atomic E-state index is -1.02. The average Bonchev–Trinajstić information content (AvgIpc) is 2.25. The fourth-order valence-electron chi connectivity index (χ4n) is 1.88. The zero-order valence-electron chi connectivity index (χ0n) is 11.2. The van der Waals surface area contributed by atoms with Gasteiger partial charge in [-0.3, -0.25) is 0 Å². The summed E-state index contributed by atoms with van der Waals surface area (Å²) in [4.78, 5) is 18.3. The topological polar surface area (TPSA) is 84.3 Å². The summed E-state index contributed by atoms with van der Waals surface area (Å²) in [6.07, 6.45) is 2.64. The third-order valence-electron chi connectivity index (χ3n) is 2.44. The number of rotatable bonds is 6. The third kappa shape index (κ3) is 6.24. The Kier molecular flexibility index (Phi) is 5.35. The molecule has 0 aliphatic rings. The van der Waals surface area contributed by atoms with Gasteiger partial charge in [0.25, 0.3) is 0 Å². The quantitative estimate of drug-likeness (QED) is 0.786. The number of carboxylic acid groups (broad SMARTS) is 1. The number of aromatic nitrogens is 2. The third-order valence-corrected chi connectivity index (χ3v) is 2.63. The SMILES string of the molecule is C[C@H](COc1cnc(Cl)nc1)CC(C)(C)NC(=O)O. The van der Waals surface area contributed by atoms with Crippen LogP contribution in [0.4, 0.5) is 4.79 Å². The molecular weight excluding hydrogens is 270 g/mol. The monoisotopic (exact) mass is 287 g/mol. The van der Waals surface area contributed by atoms with Crippen LogP contribution in [-0.4, -0.2) is 33.3 Å². The van der Waals surface area contributed by atoms with Crippen LogP contribution in [0.3, 0.4) is 0 Å². The van der Waals surface area contributed by atoms with Gasteiger partial charge in [-0.15, -0.1) is 0 Å². The molecule has 19 heavy (non-hydrogen) atoms. The van der Waals surface area contributed by atoms with Gasteiger partial charge in [0.15, 0.2) is 5.75 Å². The molecule has 0 unspecified atom stereocenters. The molecule has 1 rings (SSSR count). The molecule has 2 N–H and O–H groups in total. The lowest BCUT2D eigenvalue weighted by atomic mass is 9.92. The lowest BCUT2D eigenvalue weighted by molar-refractivity contribution is 0.169. The van der Waals surface area contributed by atoms with Crippen molar-refractivity contribution in [3.8, 4) is 5.75 Å². The number of hydrogen-bond donors (Lipinski definition) is 2. The Morgan fingerprint density at radius 3 is 2.63 bits per heavy atom. The van der Waals surface area contributed by atoms with E-state index >= 15 is 0 Å². The molecule has 0 aromatic carbocycles. The minimum Gasteiger partial charge on any atom is -0.490 e. The average molecular weight is 288 g/mol. The van der Waals surface area contributed by atoms with Crippen molar-refractivity contribution < 1.29 is 14.6 Å². The van der Waals surface area contributed by atoms with Gasteiger partial charge in [-0.1, -0.05) is 6.92 Å². The molecule has 0 aliphatic carbocycles. The van der Waals surface area contributed by atoms with Crippen LogP contribution in [0.15, 0.2) is 12.4 Å². The molecule has 0 aliphatic heterocycles. The Bertz CT molecular complexity index is 423. The highest BCUT2D eigenvalue weighted by atomic mass is 35.5. The maximum atomic E-state index is 10.6. The van der Waals surface area contributed by atoms with Crippen LogP contribution < -0.4 is 10.1 Å². The molecule has 0 spiro atoms. The van der Waals surface area contributed by atoms with Crippen molar-refractivity contribution >= 4 is 17.7 Å². The van der Waals surface area contributed by atoms with Crippen LogP contribution in [0.1, 0.15) is 27.2 Å². The summed E-state index contributed by atoms with van der Waals surface area (Å²) in [5.74, 6) is 0.720. The lowest BCUT2D eigenvalue weighted by Crippen LogP contribution is -2.44. The Balaban J connectivity index is 2.41.